The van der Waals surface area contributed by atoms with Gasteiger partial charge in [-0.25, -0.2) is 19.6 Å². The average Bonchev–Trinajstić information content (AvgIpc) is 2.53. The molecule has 1 unspecified atom stereocenters. The van der Waals surface area contributed by atoms with E-state index in [-0.39, 0.29) is 6.54 Å². The Hall–Kier alpha value is -2.58. The van der Waals surface area contributed by atoms with E-state index in [9.17, 15) is 14.7 Å². The number of nitrogens with zero attached hydrogens (tertiary/aromatic N) is 4. The van der Waals surface area contributed by atoms with Gasteiger partial charge in [0.15, 0.2) is 0 Å². The van der Waals surface area contributed by atoms with Crippen LogP contribution >= 0.6 is 0 Å². The standard InChI is InChI=1S/C16H24N4O5/c1-5-24-13-8-12(17-10-18-13)20-7-6-19(9-11(20)14(21)22)15(23)25-16(2,3)4/h8,10-11H,5-7,9H2,1-4H3,(H,21,22). The van der Waals surface area contributed by atoms with Crippen molar-refractivity contribution >= 4 is 17.9 Å². The molecular weight excluding hydrogens is 328 g/mol. The minimum absolute atomic E-state index is 0.0121. The van der Waals surface area contributed by atoms with Crippen LogP contribution in [-0.4, -0.2) is 69.9 Å². The van der Waals surface area contributed by atoms with Gasteiger partial charge >= 0.3 is 12.1 Å². The van der Waals surface area contributed by atoms with Gasteiger partial charge in [0.05, 0.1) is 13.2 Å². The van der Waals surface area contributed by atoms with Crippen molar-refractivity contribution in [3.8, 4) is 5.88 Å². The van der Waals surface area contributed by atoms with Crippen molar-refractivity contribution in [1.29, 1.82) is 0 Å². The number of aliphatic carboxylic acids is 1. The summed E-state index contributed by atoms with van der Waals surface area (Å²) in [5.74, 6) is -0.203. The lowest BCUT2D eigenvalue weighted by atomic mass is 10.1. The fourth-order valence-electron chi connectivity index (χ4n) is 2.47. The number of carbonyl (C=O) groups excluding carboxylic acids is 1. The molecule has 1 aromatic rings. The smallest absolute Gasteiger partial charge is 0.410 e. The van der Waals surface area contributed by atoms with Crippen LogP contribution in [0.3, 0.4) is 0 Å². The third-order valence-electron chi connectivity index (χ3n) is 3.53. The van der Waals surface area contributed by atoms with Crippen LogP contribution < -0.4 is 9.64 Å². The Morgan fingerprint density at radius 2 is 2.04 bits per heavy atom. The fourth-order valence-corrected chi connectivity index (χ4v) is 2.47. The zero-order valence-corrected chi connectivity index (χ0v) is 14.9. The summed E-state index contributed by atoms with van der Waals surface area (Å²) in [4.78, 5) is 35.1. The highest BCUT2D eigenvalue weighted by atomic mass is 16.6. The number of anilines is 1. The number of ether oxygens (including phenoxy) is 2. The van der Waals surface area contributed by atoms with Gasteiger partial charge in [0.2, 0.25) is 5.88 Å². The lowest BCUT2D eigenvalue weighted by Gasteiger charge is -2.40. The molecule has 0 spiro atoms. The number of amides is 1. The highest BCUT2D eigenvalue weighted by Gasteiger charge is 2.36. The largest absolute Gasteiger partial charge is 0.480 e. The summed E-state index contributed by atoms with van der Waals surface area (Å²) in [6.07, 6.45) is 0.815. The maximum Gasteiger partial charge on any atom is 0.410 e. The van der Waals surface area contributed by atoms with Gasteiger partial charge in [-0.15, -0.1) is 0 Å². The molecule has 0 bridgehead atoms. The molecule has 2 rings (SSSR count). The first-order chi connectivity index (χ1) is 11.7. The third-order valence-corrected chi connectivity index (χ3v) is 3.53. The molecule has 0 radical (unpaired) electrons. The minimum Gasteiger partial charge on any atom is -0.480 e. The van der Waals surface area contributed by atoms with Gasteiger partial charge in [0, 0.05) is 19.2 Å². The molecule has 1 amide bonds. The Bertz CT molecular complexity index is 631. The second kappa shape index (κ2) is 7.54. The van der Waals surface area contributed by atoms with Crippen molar-refractivity contribution in [3.63, 3.8) is 0 Å². The molecule has 1 aromatic heterocycles. The van der Waals surface area contributed by atoms with E-state index < -0.39 is 23.7 Å². The van der Waals surface area contributed by atoms with Crippen LogP contribution in [0, 0.1) is 0 Å². The first-order valence-corrected chi connectivity index (χ1v) is 8.13. The molecule has 1 saturated heterocycles. The summed E-state index contributed by atoms with van der Waals surface area (Å²) >= 11 is 0. The molecular formula is C16H24N4O5. The molecule has 9 nitrogen and oxygen atoms in total. The summed E-state index contributed by atoms with van der Waals surface area (Å²) in [5.41, 5.74) is -0.633. The molecule has 1 aliphatic heterocycles. The average molecular weight is 352 g/mol. The van der Waals surface area contributed by atoms with Crippen LogP contribution in [0.15, 0.2) is 12.4 Å². The molecule has 1 fully saturated rings. The molecule has 1 atom stereocenters. The van der Waals surface area contributed by atoms with Gasteiger partial charge in [0.1, 0.15) is 23.8 Å². The number of carboxylic acid groups (broad SMARTS) is 1. The molecule has 138 valence electrons. The normalized spacial score (nSPS) is 18.0. The Morgan fingerprint density at radius 3 is 2.64 bits per heavy atom. The zero-order valence-electron chi connectivity index (χ0n) is 14.9. The maximum absolute atomic E-state index is 12.2. The zero-order chi connectivity index (χ0) is 18.6. The summed E-state index contributed by atoms with van der Waals surface area (Å²) < 4.78 is 10.7. The van der Waals surface area contributed by atoms with Crippen LogP contribution in [0.2, 0.25) is 0 Å². The second-order valence-corrected chi connectivity index (χ2v) is 6.62. The number of piperazine rings is 1. The van der Waals surface area contributed by atoms with Crippen molar-refractivity contribution in [2.75, 3.05) is 31.1 Å². The predicted molar refractivity (Wildman–Crippen MR) is 89.8 cm³/mol. The molecule has 1 aliphatic rings. The molecule has 0 aromatic carbocycles. The van der Waals surface area contributed by atoms with Crippen molar-refractivity contribution in [3.05, 3.63) is 12.4 Å². The van der Waals surface area contributed by atoms with E-state index in [0.29, 0.717) is 31.4 Å². The molecule has 2 heterocycles. The molecule has 25 heavy (non-hydrogen) atoms. The van der Waals surface area contributed by atoms with Crippen molar-refractivity contribution < 1.29 is 24.2 Å². The topological polar surface area (TPSA) is 105 Å². The van der Waals surface area contributed by atoms with E-state index in [1.54, 1.807) is 31.7 Å². The first kappa shape index (κ1) is 18.8. The van der Waals surface area contributed by atoms with Gasteiger partial charge in [-0.05, 0) is 27.7 Å². The van der Waals surface area contributed by atoms with Crippen molar-refractivity contribution in [2.45, 2.75) is 39.3 Å². The Labute approximate surface area is 146 Å². The van der Waals surface area contributed by atoms with Crippen LogP contribution in [-0.2, 0) is 9.53 Å². The Morgan fingerprint density at radius 1 is 1.32 bits per heavy atom. The van der Waals surface area contributed by atoms with E-state index in [1.165, 1.54) is 11.2 Å². The summed E-state index contributed by atoms with van der Waals surface area (Å²) in [7, 11) is 0. The van der Waals surface area contributed by atoms with E-state index in [2.05, 4.69) is 9.97 Å². The van der Waals surface area contributed by atoms with Gasteiger partial charge in [0.25, 0.3) is 0 Å². The molecule has 0 aliphatic carbocycles. The van der Waals surface area contributed by atoms with Gasteiger partial charge in [-0.1, -0.05) is 0 Å². The van der Waals surface area contributed by atoms with Gasteiger partial charge in [-0.3, -0.25) is 0 Å². The summed E-state index contributed by atoms with van der Waals surface area (Å²) in [6, 6.07) is 0.674. The number of rotatable bonds is 4. The Kier molecular flexibility index (Phi) is 5.66. The predicted octanol–water partition coefficient (Wildman–Crippen LogP) is 1.39. The Balaban J connectivity index is 2.16. The van der Waals surface area contributed by atoms with Crippen molar-refractivity contribution in [1.82, 2.24) is 14.9 Å². The van der Waals surface area contributed by atoms with Crippen molar-refractivity contribution in [2.24, 2.45) is 0 Å². The number of hydrogen-bond donors (Lipinski definition) is 1. The van der Waals surface area contributed by atoms with Gasteiger partial charge in [-0.2, -0.15) is 0 Å². The lowest BCUT2D eigenvalue weighted by Crippen LogP contribution is -2.58. The second-order valence-electron chi connectivity index (χ2n) is 6.62. The van der Waals surface area contributed by atoms with E-state index >= 15 is 0 Å². The number of carbonyl (C=O) groups is 2. The van der Waals surface area contributed by atoms with Crippen LogP contribution in [0.1, 0.15) is 27.7 Å². The highest BCUT2D eigenvalue weighted by Crippen LogP contribution is 2.22. The van der Waals surface area contributed by atoms with E-state index in [4.69, 9.17) is 9.47 Å². The first-order valence-electron chi connectivity index (χ1n) is 8.13. The quantitative estimate of drug-likeness (QED) is 0.866. The van der Waals surface area contributed by atoms with E-state index in [1.807, 2.05) is 6.92 Å². The lowest BCUT2D eigenvalue weighted by molar-refractivity contribution is -0.139. The minimum atomic E-state index is -1.04. The fraction of sp³-hybridized carbons (Fsp3) is 0.625. The number of carboxylic acids is 1. The summed E-state index contributed by atoms with van der Waals surface area (Å²) in [5, 5.41) is 9.58. The maximum atomic E-state index is 12.2. The van der Waals surface area contributed by atoms with Crippen LogP contribution in [0.4, 0.5) is 10.6 Å². The molecule has 9 heteroatoms. The SMILES string of the molecule is CCOc1cc(N2CCN(C(=O)OC(C)(C)C)CC2C(=O)O)ncn1. The van der Waals surface area contributed by atoms with E-state index in [0.717, 1.165) is 0 Å². The number of hydrogen-bond acceptors (Lipinski definition) is 7. The van der Waals surface area contributed by atoms with Crippen LogP contribution in [0.25, 0.3) is 0 Å². The van der Waals surface area contributed by atoms with Crippen LogP contribution in [0.5, 0.6) is 5.88 Å². The van der Waals surface area contributed by atoms with Gasteiger partial charge < -0.3 is 24.4 Å². The monoisotopic (exact) mass is 352 g/mol. The number of aromatic nitrogens is 2. The molecule has 0 saturated carbocycles. The summed E-state index contributed by atoms with van der Waals surface area (Å²) in [6.45, 7) is 8.26. The molecule has 1 N–H and O–H groups in total. The third kappa shape index (κ3) is 4.94. The highest BCUT2D eigenvalue weighted by molar-refractivity contribution is 5.80.